The molecule has 1 heterocycles. The molecule has 0 spiro atoms. The molecule has 12 heavy (non-hydrogen) atoms. The van der Waals surface area contributed by atoms with Crippen molar-refractivity contribution in [3.05, 3.63) is 22.4 Å². The molecule has 66 valence electrons. The lowest BCUT2D eigenvalue weighted by molar-refractivity contribution is 0.608. The minimum absolute atomic E-state index is 0.0403. The molecule has 0 unspecified atom stereocenters. The van der Waals surface area contributed by atoms with Crippen LogP contribution in [0.2, 0.25) is 0 Å². The molecule has 0 amide bonds. The van der Waals surface area contributed by atoms with E-state index in [4.69, 9.17) is 10.7 Å². The van der Waals surface area contributed by atoms with Crippen molar-refractivity contribution in [2.45, 2.75) is 11.8 Å². The maximum absolute atomic E-state index is 10.9. The summed E-state index contributed by atoms with van der Waals surface area (Å²) in [6.45, 7) is 1.65. The lowest BCUT2D eigenvalue weighted by Crippen LogP contribution is -1.96. The van der Waals surface area contributed by atoms with E-state index in [1.54, 1.807) is 6.92 Å². The minimum Gasteiger partial charge on any atom is -0.262 e. The molecule has 1 rings (SSSR count). The van der Waals surface area contributed by atoms with E-state index in [2.05, 4.69) is 20.9 Å². The van der Waals surface area contributed by atoms with Crippen LogP contribution in [0.15, 0.2) is 21.8 Å². The van der Waals surface area contributed by atoms with Crippen LogP contribution < -0.4 is 0 Å². The van der Waals surface area contributed by atoms with E-state index in [0.717, 1.165) is 0 Å². The lowest BCUT2D eigenvalue weighted by Gasteiger charge is -2.01. The van der Waals surface area contributed by atoms with Crippen LogP contribution in [0.1, 0.15) is 5.56 Å². The van der Waals surface area contributed by atoms with Gasteiger partial charge in [0.05, 0.1) is 0 Å². The summed E-state index contributed by atoms with van der Waals surface area (Å²) in [6.07, 6.45) is 2.74. The molecule has 0 N–H and O–H groups in total. The smallest absolute Gasteiger partial charge is 0.262 e. The predicted octanol–water partition coefficient (Wildman–Crippen LogP) is 2.08. The van der Waals surface area contributed by atoms with Crippen LogP contribution in [-0.4, -0.2) is 13.4 Å². The lowest BCUT2D eigenvalue weighted by atomic mass is 10.3. The molecular formula is C6H5BrClNO2S. The number of hydrogen-bond donors (Lipinski definition) is 0. The predicted molar refractivity (Wildman–Crippen MR) is 49.7 cm³/mol. The van der Waals surface area contributed by atoms with Gasteiger partial charge in [-0.3, -0.25) is 4.98 Å². The average Bonchev–Trinajstić information content (AvgIpc) is 1.92. The van der Waals surface area contributed by atoms with Crippen LogP contribution in [0.4, 0.5) is 0 Å². The zero-order chi connectivity index (χ0) is 9.35. The Balaban J connectivity index is 3.47. The van der Waals surface area contributed by atoms with Gasteiger partial charge in [0.25, 0.3) is 9.05 Å². The van der Waals surface area contributed by atoms with Crippen molar-refractivity contribution in [2.75, 3.05) is 0 Å². The third kappa shape index (κ3) is 1.97. The average molecular weight is 271 g/mol. The Kier molecular flexibility index (Phi) is 2.75. The van der Waals surface area contributed by atoms with Gasteiger partial charge in [-0.25, -0.2) is 8.42 Å². The Morgan fingerprint density at radius 3 is 2.50 bits per heavy atom. The van der Waals surface area contributed by atoms with Gasteiger partial charge in [-0.1, -0.05) is 0 Å². The molecule has 1 aromatic rings. The maximum atomic E-state index is 10.9. The fourth-order valence-electron chi connectivity index (χ4n) is 0.728. The van der Waals surface area contributed by atoms with Gasteiger partial charge in [0.1, 0.15) is 4.90 Å². The summed E-state index contributed by atoms with van der Waals surface area (Å²) in [5, 5.41) is 0. The van der Waals surface area contributed by atoms with Gasteiger partial charge in [0.2, 0.25) is 0 Å². The topological polar surface area (TPSA) is 47.0 Å². The molecule has 0 saturated heterocycles. The highest BCUT2D eigenvalue weighted by Crippen LogP contribution is 2.24. The molecule has 0 aromatic carbocycles. The van der Waals surface area contributed by atoms with E-state index in [9.17, 15) is 8.42 Å². The SMILES string of the molecule is Cc1c(Br)cncc1S(=O)(=O)Cl. The van der Waals surface area contributed by atoms with E-state index in [0.29, 0.717) is 10.0 Å². The number of pyridine rings is 1. The molecule has 3 nitrogen and oxygen atoms in total. The standard InChI is InChI=1S/C6H5BrClNO2S/c1-4-5(7)2-9-3-6(4)12(8,10)11/h2-3H,1H3. The Morgan fingerprint density at radius 2 is 2.08 bits per heavy atom. The van der Waals surface area contributed by atoms with Gasteiger partial charge in [-0.2, -0.15) is 0 Å². The number of nitrogens with zero attached hydrogens (tertiary/aromatic N) is 1. The van der Waals surface area contributed by atoms with Gasteiger partial charge in [-0.15, -0.1) is 0 Å². The molecule has 1 aromatic heterocycles. The Labute approximate surface area is 83.3 Å². The molecule has 0 radical (unpaired) electrons. The van der Waals surface area contributed by atoms with E-state index in [1.165, 1.54) is 12.4 Å². The first-order chi connectivity index (χ1) is 5.43. The highest BCUT2D eigenvalue weighted by Gasteiger charge is 2.14. The zero-order valence-corrected chi connectivity index (χ0v) is 9.24. The highest BCUT2D eigenvalue weighted by molar-refractivity contribution is 9.10. The summed E-state index contributed by atoms with van der Waals surface area (Å²) < 4.78 is 22.4. The Hall–Kier alpha value is -0.130. The second-order valence-electron chi connectivity index (χ2n) is 2.18. The van der Waals surface area contributed by atoms with E-state index in [-0.39, 0.29) is 4.90 Å². The molecule has 0 aliphatic carbocycles. The Morgan fingerprint density at radius 1 is 1.50 bits per heavy atom. The third-order valence-corrected chi connectivity index (χ3v) is 3.61. The highest BCUT2D eigenvalue weighted by atomic mass is 79.9. The molecule has 6 heteroatoms. The molecule has 0 aliphatic rings. The number of hydrogen-bond acceptors (Lipinski definition) is 3. The summed E-state index contributed by atoms with van der Waals surface area (Å²) in [6, 6.07) is 0. The largest absolute Gasteiger partial charge is 0.263 e. The molecule has 0 aliphatic heterocycles. The monoisotopic (exact) mass is 269 g/mol. The van der Waals surface area contributed by atoms with E-state index >= 15 is 0 Å². The second-order valence-corrected chi connectivity index (χ2v) is 5.57. The molecule has 0 fully saturated rings. The normalized spacial score (nSPS) is 11.6. The van der Waals surface area contributed by atoms with Crippen LogP contribution in [0, 0.1) is 6.92 Å². The first-order valence-corrected chi connectivity index (χ1v) is 6.08. The summed E-state index contributed by atoms with van der Waals surface area (Å²) in [7, 11) is 1.47. The van der Waals surface area contributed by atoms with Gasteiger partial charge in [0, 0.05) is 27.5 Å². The number of rotatable bonds is 1. The maximum Gasteiger partial charge on any atom is 0.263 e. The van der Waals surface area contributed by atoms with Crippen molar-refractivity contribution in [2.24, 2.45) is 0 Å². The first-order valence-electron chi connectivity index (χ1n) is 2.97. The van der Waals surface area contributed by atoms with Gasteiger partial charge in [-0.05, 0) is 28.4 Å². The van der Waals surface area contributed by atoms with Crippen molar-refractivity contribution in [3.8, 4) is 0 Å². The number of halogens is 2. The van der Waals surface area contributed by atoms with Gasteiger partial charge < -0.3 is 0 Å². The fourth-order valence-corrected chi connectivity index (χ4v) is 2.32. The van der Waals surface area contributed by atoms with Gasteiger partial charge in [0.15, 0.2) is 0 Å². The molecule has 0 atom stereocenters. The number of aromatic nitrogens is 1. The third-order valence-electron chi connectivity index (χ3n) is 1.37. The molecular weight excluding hydrogens is 265 g/mol. The zero-order valence-electron chi connectivity index (χ0n) is 6.08. The molecule has 0 bridgehead atoms. The Bertz CT molecular complexity index is 404. The van der Waals surface area contributed by atoms with Crippen LogP contribution in [0.3, 0.4) is 0 Å². The van der Waals surface area contributed by atoms with Crippen molar-refractivity contribution in [3.63, 3.8) is 0 Å². The van der Waals surface area contributed by atoms with Gasteiger partial charge >= 0.3 is 0 Å². The fraction of sp³-hybridized carbons (Fsp3) is 0.167. The van der Waals surface area contributed by atoms with Crippen molar-refractivity contribution >= 4 is 35.7 Å². The summed E-state index contributed by atoms with van der Waals surface area (Å²) in [5.41, 5.74) is 0.569. The minimum atomic E-state index is -3.68. The van der Waals surface area contributed by atoms with Crippen molar-refractivity contribution in [1.29, 1.82) is 0 Å². The van der Waals surface area contributed by atoms with Crippen molar-refractivity contribution in [1.82, 2.24) is 4.98 Å². The van der Waals surface area contributed by atoms with E-state index < -0.39 is 9.05 Å². The van der Waals surface area contributed by atoms with Crippen LogP contribution in [0.5, 0.6) is 0 Å². The quantitative estimate of drug-likeness (QED) is 0.734. The van der Waals surface area contributed by atoms with Crippen molar-refractivity contribution < 1.29 is 8.42 Å². The van der Waals surface area contributed by atoms with Crippen LogP contribution >= 0.6 is 26.6 Å². The summed E-state index contributed by atoms with van der Waals surface area (Å²) in [4.78, 5) is 3.74. The van der Waals surface area contributed by atoms with Crippen LogP contribution in [-0.2, 0) is 9.05 Å². The first kappa shape index (κ1) is 9.95. The summed E-state index contributed by atoms with van der Waals surface area (Å²) >= 11 is 3.15. The second kappa shape index (κ2) is 3.32. The molecule has 0 saturated carbocycles. The van der Waals surface area contributed by atoms with Crippen LogP contribution in [0.25, 0.3) is 0 Å². The van der Waals surface area contributed by atoms with E-state index in [1.807, 2.05) is 0 Å². The summed E-state index contributed by atoms with van der Waals surface area (Å²) in [5.74, 6) is 0.